The Labute approximate surface area is 189 Å². The Bertz CT molecular complexity index is 1170. The summed E-state index contributed by atoms with van der Waals surface area (Å²) in [5.74, 6) is 0.471. The van der Waals surface area contributed by atoms with Gasteiger partial charge in [-0.15, -0.1) is 0 Å². The third-order valence-electron chi connectivity index (χ3n) is 4.75. The molecule has 1 aliphatic heterocycles. The van der Waals surface area contributed by atoms with Gasteiger partial charge in [-0.3, -0.25) is 9.59 Å². The Balaban J connectivity index is 1.35. The van der Waals surface area contributed by atoms with Gasteiger partial charge in [0.05, 0.1) is 18.8 Å². The molecule has 1 heterocycles. The molecule has 0 atom stereocenters. The third kappa shape index (κ3) is 5.51. The van der Waals surface area contributed by atoms with E-state index < -0.39 is 5.82 Å². The molecule has 33 heavy (non-hydrogen) atoms. The lowest BCUT2D eigenvalue weighted by atomic mass is 10.2. The van der Waals surface area contributed by atoms with Crippen molar-refractivity contribution in [2.45, 2.75) is 6.92 Å². The molecule has 0 spiro atoms. The second-order valence-corrected chi connectivity index (χ2v) is 7.08. The second kappa shape index (κ2) is 9.90. The zero-order valence-corrected chi connectivity index (χ0v) is 17.8. The molecule has 2 amide bonds. The molecule has 8 nitrogen and oxygen atoms in total. The molecule has 170 valence electrons. The number of anilines is 3. The number of halogens is 1. The van der Waals surface area contributed by atoms with Crippen LogP contribution in [0.1, 0.15) is 17.3 Å². The highest BCUT2D eigenvalue weighted by Gasteiger charge is 2.17. The molecule has 0 saturated carbocycles. The molecule has 0 radical (unpaired) electrons. The van der Waals surface area contributed by atoms with Gasteiger partial charge < -0.3 is 30.2 Å². The minimum absolute atomic E-state index is 0.0836. The predicted molar refractivity (Wildman–Crippen MR) is 122 cm³/mol. The first kappa shape index (κ1) is 21.9. The van der Waals surface area contributed by atoms with E-state index in [1.165, 1.54) is 18.2 Å². The van der Waals surface area contributed by atoms with Crippen molar-refractivity contribution in [3.8, 4) is 17.2 Å². The zero-order valence-electron chi connectivity index (χ0n) is 17.8. The second-order valence-electron chi connectivity index (χ2n) is 7.08. The quantitative estimate of drug-likeness (QED) is 0.474. The van der Waals surface area contributed by atoms with Crippen molar-refractivity contribution in [2.24, 2.45) is 0 Å². The zero-order chi connectivity index (χ0) is 23.2. The molecule has 3 aromatic carbocycles. The Morgan fingerprint density at radius 1 is 0.939 bits per heavy atom. The maximum absolute atomic E-state index is 14.2. The van der Waals surface area contributed by atoms with Gasteiger partial charge in [0, 0.05) is 16.9 Å². The van der Waals surface area contributed by atoms with Gasteiger partial charge in [0.2, 0.25) is 12.7 Å². The van der Waals surface area contributed by atoms with Crippen LogP contribution in [0.2, 0.25) is 0 Å². The molecule has 0 saturated heterocycles. The highest BCUT2D eigenvalue weighted by Crippen LogP contribution is 2.32. The maximum Gasteiger partial charge on any atom is 0.255 e. The van der Waals surface area contributed by atoms with E-state index in [0.717, 1.165) is 0 Å². The Kier molecular flexibility index (Phi) is 6.58. The fourth-order valence-corrected chi connectivity index (χ4v) is 3.16. The fourth-order valence-electron chi connectivity index (χ4n) is 3.16. The normalized spacial score (nSPS) is 11.6. The van der Waals surface area contributed by atoms with Gasteiger partial charge in [-0.25, -0.2) is 4.39 Å². The van der Waals surface area contributed by atoms with Crippen molar-refractivity contribution >= 4 is 28.9 Å². The SMILES string of the molecule is CCOc1ccc(NC(=O)CNc2cc(NC(=O)c3ccc4c(c3)OCO4)ccc2F)cc1. The van der Waals surface area contributed by atoms with Crippen LogP contribution in [0.5, 0.6) is 17.2 Å². The first-order valence-electron chi connectivity index (χ1n) is 10.3. The molecular weight excluding hydrogens is 429 g/mol. The average Bonchev–Trinajstić information content (AvgIpc) is 3.29. The smallest absolute Gasteiger partial charge is 0.255 e. The molecule has 1 aliphatic rings. The van der Waals surface area contributed by atoms with E-state index in [4.69, 9.17) is 14.2 Å². The maximum atomic E-state index is 14.2. The molecule has 3 aromatic rings. The van der Waals surface area contributed by atoms with Gasteiger partial charge in [0.25, 0.3) is 5.91 Å². The number of carbonyl (C=O) groups is 2. The highest BCUT2D eigenvalue weighted by atomic mass is 19.1. The van der Waals surface area contributed by atoms with Crippen molar-refractivity contribution in [1.82, 2.24) is 0 Å². The summed E-state index contributed by atoms with van der Waals surface area (Å²) in [5.41, 5.74) is 1.41. The summed E-state index contributed by atoms with van der Waals surface area (Å²) >= 11 is 0. The summed E-state index contributed by atoms with van der Waals surface area (Å²) in [4.78, 5) is 24.8. The van der Waals surface area contributed by atoms with E-state index in [2.05, 4.69) is 16.0 Å². The van der Waals surface area contributed by atoms with Crippen molar-refractivity contribution < 1.29 is 28.2 Å². The molecular formula is C24H22FN3O5. The molecule has 0 aromatic heterocycles. The van der Waals surface area contributed by atoms with Crippen molar-refractivity contribution in [1.29, 1.82) is 0 Å². The lowest BCUT2D eigenvalue weighted by Crippen LogP contribution is -2.22. The average molecular weight is 451 g/mol. The standard InChI is InChI=1S/C24H22FN3O5/c1-2-31-18-7-4-16(5-8-18)27-23(29)13-26-20-12-17(6-9-19(20)25)28-24(30)15-3-10-21-22(11-15)33-14-32-21/h3-12,26H,2,13-14H2,1H3,(H,27,29)(H,28,30). The Morgan fingerprint density at radius 3 is 2.48 bits per heavy atom. The van der Waals surface area contributed by atoms with E-state index in [0.29, 0.717) is 40.8 Å². The minimum atomic E-state index is -0.551. The molecule has 0 fully saturated rings. The van der Waals surface area contributed by atoms with E-state index in [1.807, 2.05) is 6.92 Å². The van der Waals surface area contributed by atoms with E-state index in [9.17, 15) is 14.0 Å². The number of rotatable bonds is 8. The van der Waals surface area contributed by atoms with Crippen LogP contribution in [0, 0.1) is 5.82 Å². The largest absolute Gasteiger partial charge is 0.494 e. The molecule has 0 bridgehead atoms. The Hall–Kier alpha value is -4.27. The van der Waals surface area contributed by atoms with Crippen LogP contribution in [0.3, 0.4) is 0 Å². The van der Waals surface area contributed by atoms with Crippen LogP contribution in [-0.2, 0) is 4.79 Å². The summed E-state index contributed by atoms with van der Waals surface area (Å²) in [7, 11) is 0. The number of hydrogen-bond donors (Lipinski definition) is 3. The summed E-state index contributed by atoms with van der Waals surface area (Å²) in [6.45, 7) is 2.39. The third-order valence-corrected chi connectivity index (χ3v) is 4.75. The lowest BCUT2D eigenvalue weighted by molar-refractivity contribution is -0.114. The van der Waals surface area contributed by atoms with Crippen LogP contribution >= 0.6 is 0 Å². The number of fused-ring (bicyclic) bond motifs is 1. The van der Waals surface area contributed by atoms with E-state index in [-0.39, 0.29) is 30.8 Å². The molecule has 4 rings (SSSR count). The van der Waals surface area contributed by atoms with Crippen molar-refractivity contribution in [2.75, 3.05) is 35.9 Å². The minimum Gasteiger partial charge on any atom is -0.494 e. The van der Waals surface area contributed by atoms with Crippen LogP contribution in [0.25, 0.3) is 0 Å². The number of amides is 2. The van der Waals surface area contributed by atoms with Crippen LogP contribution in [0.4, 0.5) is 21.5 Å². The summed E-state index contributed by atoms with van der Waals surface area (Å²) in [6, 6.07) is 15.8. The van der Waals surface area contributed by atoms with Crippen molar-refractivity contribution in [3.63, 3.8) is 0 Å². The van der Waals surface area contributed by atoms with Crippen molar-refractivity contribution in [3.05, 3.63) is 72.0 Å². The highest BCUT2D eigenvalue weighted by molar-refractivity contribution is 6.05. The summed E-state index contributed by atoms with van der Waals surface area (Å²) in [5, 5.41) is 8.18. The number of hydrogen-bond acceptors (Lipinski definition) is 6. The van der Waals surface area contributed by atoms with E-state index >= 15 is 0 Å². The van der Waals surface area contributed by atoms with Crippen LogP contribution in [-0.4, -0.2) is 31.8 Å². The molecule has 0 aliphatic carbocycles. The first-order chi connectivity index (χ1) is 16.0. The lowest BCUT2D eigenvalue weighted by Gasteiger charge is -2.12. The number of carbonyl (C=O) groups excluding carboxylic acids is 2. The number of nitrogens with one attached hydrogen (secondary N) is 3. The van der Waals surface area contributed by atoms with Crippen LogP contribution < -0.4 is 30.2 Å². The molecule has 0 unspecified atom stereocenters. The van der Waals surface area contributed by atoms with Gasteiger partial charge >= 0.3 is 0 Å². The fraction of sp³-hybridized carbons (Fsp3) is 0.167. The van der Waals surface area contributed by atoms with Gasteiger partial charge in [-0.2, -0.15) is 0 Å². The van der Waals surface area contributed by atoms with Crippen LogP contribution in [0.15, 0.2) is 60.7 Å². The Morgan fingerprint density at radius 2 is 1.70 bits per heavy atom. The number of ether oxygens (including phenoxy) is 3. The predicted octanol–water partition coefficient (Wildman–Crippen LogP) is 4.26. The van der Waals surface area contributed by atoms with Gasteiger partial charge in [-0.05, 0) is 67.6 Å². The van der Waals surface area contributed by atoms with Gasteiger partial charge in [0.1, 0.15) is 11.6 Å². The van der Waals surface area contributed by atoms with Gasteiger partial charge in [0.15, 0.2) is 11.5 Å². The monoisotopic (exact) mass is 451 g/mol. The summed E-state index contributed by atoms with van der Waals surface area (Å²) < 4.78 is 30.1. The number of benzene rings is 3. The molecule has 9 heteroatoms. The summed E-state index contributed by atoms with van der Waals surface area (Å²) in [6.07, 6.45) is 0. The molecule has 3 N–H and O–H groups in total. The van der Waals surface area contributed by atoms with Gasteiger partial charge in [-0.1, -0.05) is 0 Å². The van der Waals surface area contributed by atoms with E-state index in [1.54, 1.807) is 42.5 Å². The topological polar surface area (TPSA) is 97.9 Å². The first-order valence-corrected chi connectivity index (χ1v) is 10.3.